The smallest absolute Gasteiger partial charge is 0.222 e. The molecule has 0 saturated carbocycles. The highest BCUT2D eigenvalue weighted by Crippen LogP contribution is 2.13. The van der Waals surface area contributed by atoms with Gasteiger partial charge < -0.3 is 15.3 Å². The molecule has 0 bridgehead atoms. The topological polar surface area (TPSA) is 48.2 Å². The lowest BCUT2D eigenvalue weighted by atomic mass is 10.2. The van der Waals surface area contributed by atoms with E-state index in [1.807, 2.05) is 33.0 Å². The van der Waals surface area contributed by atoms with Crippen LogP contribution < -0.4 is 14.8 Å². The fourth-order valence-corrected chi connectivity index (χ4v) is 1.50. The lowest BCUT2D eigenvalue weighted by molar-refractivity contribution is -0.606. The summed E-state index contributed by atoms with van der Waals surface area (Å²) >= 11 is 0. The van der Waals surface area contributed by atoms with Crippen molar-refractivity contribution in [1.29, 1.82) is 0 Å². The third-order valence-electron chi connectivity index (χ3n) is 2.50. The zero-order valence-corrected chi connectivity index (χ0v) is 11.5. The lowest BCUT2D eigenvalue weighted by Crippen LogP contribution is -2.25. The molecule has 0 radical (unpaired) electrons. The molecule has 1 aromatic heterocycles. The Morgan fingerprint density at radius 1 is 1.39 bits per heavy atom. The lowest BCUT2D eigenvalue weighted by Gasteiger charge is -2.09. The van der Waals surface area contributed by atoms with E-state index in [0.717, 1.165) is 16.7 Å². The van der Waals surface area contributed by atoms with Crippen LogP contribution in [0.4, 0.5) is 0 Å². The monoisotopic (exact) mass is 250 g/mol. The molecule has 0 amide bonds. The van der Waals surface area contributed by atoms with Crippen molar-refractivity contribution in [3.8, 4) is 5.75 Å². The van der Waals surface area contributed by atoms with Crippen LogP contribution in [0, 0.1) is 5.21 Å². The highest BCUT2D eigenvalue weighted by atomic mass is 16.5. The third kappa shape index (κ3) is 5.19. The summed E-state index contributed by atoms with van der Waals surface area (Å²) in [6.07, 6.45) is 7.95. The fourth-order valence-electron chi connectivity index (χ4n) is 1.50. The van der Waals surface area contributed by atoms with Crippen LogP contribution >= 0.6 is 0 Å². The minimum atomic E-state index is 0.0635. The number of ether oxygens (including phenoxy) is 1. The maximum atomic E-state index is 11.4. The second-order valence-electron chi connectivity index (χ2n) is 4.66. The predicted molar refractivity (Wildman–Crippen MR) is 73.3 cm³/mol. The number of rotatable bonds is 6. The van der Waals surface area contributed by atoms with Crippen LogP contribution in [0.2, 0.25) is 0 Å². The minimum absolute atomic E-state index is 0.0635. The van der Waals surface area contributed by atoms with E-state index in [0.29, 0.717) is 11.8 Å². The molecular formula is C14H22N2O2. The molecule has 1 N–H and O–H groups in total. The summed E-state index contributed by atoms with van der Waals surface area (Å²) < 4.78 is 6.29. The maximum absolute atomic E-state index is 11.4. The largest absolute Gasteiger partial charge is 0.619 e. The average molecular weight is 250 g/mol. The maximum Gasteiger partial charge on any atom is 0.222 e. The molecule has 0 spiro atoms. The van der Waals surface area contributed by atoms with E-state index in [1.165, 1.54) is 12.4 Å². The third-order valence-corrected chi connectivity index (χ3v) is 2.50. The van der Waals surface area contributed by atoms with Gasteiger partial charge >= 0.3 is 0 Å². The molecule has 0 aliphatic heterocycles. The Hall–Kier alpha value is -1.55. The molecule has 100 valence electrons. The Morgan fingerprint density at radius 3 is 2.72 bits per heavy atom. The summed E-state index contributed by atoms with van der Waals surface area (Å²) in [5, 5.41) is 14.6. The van der Waals surface area contributed by atoms with E-state index < -0.39 is 0 Å². The van der Waals surface area contributed by atoms with Crippen molar-refractivity contribution >= 4 is 6.08 Å². The number of aromatic nitrogens is 1. The van der Waals surface area contributed by atoms with Gasteiger partial charge in [0.05, 0.1) is 6.10 Å². The summed E-state index contributed by atoms with van der Waals surface area (Å²) in [7, 11) is 1.93. The SMILES string of the molecule is CN[C@@H](C)CC=Cc1cc(OC(C)C)c[n+]([O-])c1. The first-order chi connectivity index (χ1) is 8.51. The highest BCUT2D eigenvalue weighted by Gasteiger charge is 2.04. The number of pyridine rings is 1. The predicted octanol–water partition coefficient (Wildman–Crippen LogP) is 2.12. The quantitative estimate of drug-likeness (QED) is 0.621. The summed E-state index contributed by atoms with van der Waals surface area (Å²) in [4.78, 5) is 0. The standard InChI is InChI=1S/C14H22N2O2/c1-11(2)18-14-8-13(9-16(17)10-14)7-5-6-12(3)15-4/h5,7-12,15H,6H2,1-4H3/t12-/m0/s1. The Bertz CT molecular complexity index is 403. The molecule has 1 aromatic rings. The van der Waals surface area contributed by atoms with Gasteiger partial charge in [0.25, 0.3) is 0 Å². The molecule has 0 unspecified atom stereocenters. The van der Waals surface area contributed by atoms with Crippen LogP contribution in [-0.2, 0) is 0 Å². The van der Waals surface area contributed by atoms with Crippen LogP contribution in [0.25, 0.3) is 6.08 Å². The average Bonchev–Trinajstić information content (AvgIpc) is 2.27. The second kappa shape index (κ2) is 7.01. The second-order valence-corrected chi connectivity index (χ2v) is 4.66. The van der Waals surface area contributed by atoms with Crippen LogP contribution in [0.3, 0.4) is 0 Å². The zero-order valence-electron chi connectivity index (χ0n) is 11.5. The highest BCUT2D eigenvalue weighted by molar-refractivity contribution is 5.49. The first-order valence-electron chi connectivity index (χ1n) is 6.25. The Balaban J connectivity index is 2.73. The van der Waals surface area contributed by atoms with Gasteiger partial charge in [0, 0.05) is 11.6 Å². The van der Waals surface area contributed by atoms with Crippen molar-refractivity contribution in [3.05, 3.63) is 35.3 Å². The van der Waals surface area contributed by atoms with Gasteiger partial charge in [0.2, 0.25) is 6.20 Å². The van der Waals surface area contributed by atoms with Gasteiger partial charge in [-0.05, 0) is 40.3 Å². The molecule has 1 rings (SSSR count). The normalized spacial score (nSPS) is 13.2. The van der Waals surface area contributed by atoms with Crippen LogP contribution in [-0.4, -0.2) is 19.2 Å². The Kier molecular flexibility index (Phi) is 5.65. The van der Waals surface area contributed by atoms with Crippen molar-refractivity contribution < 1.29 is 9.47 Å². The number of hydrogen-bond donors (Lipinski definition) is 1. The van der Waals surface area contributed by atoms with Gasteiger partial charge in [-0.25, -0.2) is 0 Å². The van der Waals surface area contributed by atoms with Gasteiger partial charge in [0.15, 0.2) is 11.9 Å². The van der Waals surface area contributed by atoms with Crippen molar-refractivity contribution in [3.63, 3.8) is 0 Å². The molecule has 0 aliphatic carbocycles. The summed E-state index contributed by atoms with van der Waals surface area (Å²) in [5.74, 6) is 0.601. The first-order valence-corrected chi connectivity index (χ1v) is 6.25. The van der Waals surface area contributed by atoms with Gasteiger partial charge in [-0.2, -0.15) is 4.73 Å². The molecule has 0 aliphatic rings. The summed E-state index contributed by atoms with van der Waals surface area (Å²) in [6, 6.07) is 2.30. The summed E-state index contributed by atoms with van der Waals surface area (Å²) in [6.45, 7) is 5.98. The molecule has 1 atom stereocenters. The molecule has 4 heteroatoms. The zero-order chi connectivity index (χ0) is 13.5. The molecule has 1 heterocycles. The van der Waals surface area contributed by atoms with Gasteiger partial charge in [-0.1, -0.05) is 12.2 Å². The van der Waals surface area contributed by atoms with E-state index in [1.54, 1.807) is 0 Å². The van der Waals surface area contributed by atoms with Gasteiger partial charge in [-0.15, -0.1) is 0 Å². The number of nitrogens with one attached hydrogen (secondary N) is 1. The van der Waals surface area contributed by atoms with Crippen molar-refractivity contribution in [1.82, 2.24) is 5.32 Å². The van der Waals surface area contributed by atoms with E-state index in [9.17, 15) is 5.21 Å². The van der Waals surface area contributed by atoms with E-state index >= 15 is 0 Å². The van der Waals surface area contributed by atoms with Crippen LogP contribution in [0.1, 0.15) is 32.8 Å². The Labute approximate surface area is 109 Å². The molecule has 0 saturated heterocycles. The molecule has 0 aromatic carbocycles. The van der Waals surface area contributed by atoms with Crippen molar-refractivity contribution in [2.45, 2.75) is 39.3 Å². The summed E-state index contributed by atoms with van der Waals surface area (Å²) in [5.41, 5.74) is 0.853. The van der Waals surface area contributed by atoms with Crippen LogP contribution in [0.5, 0.6) is 5.75 Å². The molecule has 18 heavy (non-hydrogen) atoms. The van der Waals surface area contributed by atoms with E-state index in [4.69, 9.17) is 4.74 Å². The molecular weight excluding hydrogens is 228 g/mol. The van der Waals surface area contributed by atoms with Crippen molar-refractivity contribution in [2.75, 3.05) is 7.05 Å². The van der Waals surface area contributed by atoms with Gasteiger partial charge in [0.1, 0.15) is 0 Å². The molecule has 0 fully saturated rings. The number of hydrogen-bond acceptors (Lipinski definition) is 3. The fraction of sp³-hybridized carbons (Fsp3) is 0.500. The van der Waals surface area contributed by atoms with Gasteiger partial charge in [-0.3, -0.25) is 0 Å². The van der Waals surface area contributed by atoms with Crippen molar-refractivity contribution in [2.24, 2.45) is 0 Å². The van der Waals surface area contributed by atoms with E-state index in [-0.39, 0.29) is 6.10 Å². The Morgan fingerprint density at radius 2 is 2.11 bits per heavy atom. The first kappa shape index (κ1) is 14.5. The minimum Gasteiger partial charge on any atom is -0.619 e. The number of nitrogens with zero attached hydrogens (tertiary/aromatic N) is 1. The molecule has 4 nitrogen and oxygen atoms in total. The van der Waals surface area contributed by atoms with E-state index in [2.05, 4.69) is 18.3 Å². The van der Waals surface area contributed by atoms with Crippen LogP contribution in [0.15, 0.2) is 24.5 Å².